The third-order valence-electron chi connectivity index (χ3n) is 1.83. The topological polar surface area (TPSA) is 175 Å². The van der Waals surface area contributed by atoms with Crippen molar-refractivity contribution in [3.8, 4) is 0 Å². The second-order valence-corrected chi connectivity index (χ2v) is 3.16. The molecule has 2 aromatic heterocycles. The summed E-state index contributed by atoms with van der Waals surface area (Å²) in [6.45, 7) is 0. The Hall–Kier alpha value is -1.36. The molecule has 0 aliphatic carbocycles. The monoisotopic (exact) mass is 501 g/mol. The van der Waals surface area contributed by atoms with E-state index in [1.807, 2.05) is 0 Å². The number of hydrogen-bond acceptors (Lipinski definition) is 4. The molecule has 0 bridgehead atoms. The van der Waals surface area contributed by atoms with Crippen molar-refractivity contribution in [1.82, 2.24) is 9.97 Å². The van der Waals surface area contributed by atoms with Gasteiger partial charge in [0.05, 0.1) is 0 Å². The van der Waals surface area contributed by atoms with E-state index in [4.69, 9.17) is 11.5 Å². The van der Waals surface area contributed by atoms with Crippen molar-refractivity contribution in [2.75, 3.05) is 0 Å². The standard InChI is InChI=1S/2C6H6N2O.2BrH.Cu.2H2O/c2*7-6(9)5-3-1-2-4-8-5;;;;;/h2*1-4H,(H2,7,9);2*1H;;2*1H2/q;;;;+2;;/p-2. The zero-order valence-corrected chi connectivity index (χ0v) is 15.7. The van der Waals surface area contributed by atoms with Crippen LogP contribution >= 0.6 is 0 Å². The van der Waals surface area contributed by atoms with Gasteiger partial charge in [0.1, 0.15) is 11.4 Å². The van der Waals surface area contributed by atoms with E-state index in [1.165, 1.54) is 12.4 Å². The molecule has 2 heterocycles. The molecule has 0 saturated heterocycles. The van der Waals surface area contributed by atoms with Crippen LogP contribution in [0, 0.1) is 0 Å². The summed E-state index contributed by atoms with van der Waals surface area (Å²) in [5.41, 5.74) is 10.4. The summed E-state index contributed by atoms with van der Waals surface area (Å²) in [4.78, 5) is 28.1. The first-order valence-electron chi connectivity index (χ1n) is 5.03. The van der Waals surface area contributed by atoms with E-state index in [-0.39, 0.29) is 62.0 Å². The van der Waals surface area contributed by atoms with Crippen LogP contribution < -0.4 is 45.4 Å². The molecular formula is C12H16Br2CuN4O4. The summed E-state index contributed by atoms with van der Waals surface area (Å²) in [6, 6.07) is 10.0. The molecule has 0 spiro atoms. The zero-order valence-electron chi connectivity index (χ0n) is 11.5. The van der Waals surface area contributed by atoms with Crippen molar-refractivity contribution in [1.29, 1.82) is 0 Å². The Kier molecular flexibility index (Phi) is 27.1. The summed E-state index contributed by atoms with van der Waals surface area (Å²) < 4.78 is 0. The van der Waals surface area contributed by atoms with Crippen LogP contribution in [0.25, 0.3) is 0 Å². The van der Waals surface area contributed by atoms with Crippen LogP contribution in [0.4, 0.5) is 0 Å². The molecule has 2 aromatic rings. The first-order chi connectivity index (χ1) is 8.61. The number of nitrogens with two attached hydrogens (primary N) is 2. The van der Waals surface area contributed by atoms with Gasteiger partial charge >= 0.3 is 17.1 Å². The van der Waals surface area contributed by atoms with Crippen LogP contribution in [-0.2, 0) is 17.1 Å². The van der Waals surface area contributed by atoms with Crippen LogP contribution in [0.5, 0.6) is 0 Å². The van der Waals surface area contributed by atoms with Gasteiger partial charge < -0.3 is 56.4 Å². The Balaban J connectivity index is -0.0000000771. The molecule has 0 fully saturated rings. The van der Waals surface area contributed by atoms with Crippen molar-refractivity contribution in [3.63, 3.8) is 0 Å². The average Bonchev–Trinajstić information content (AvgIpc) is 2.41. The van der Waals surface area contributed by atoms with Crippen LogP contribution in [0.2, 0.25) is 0 Å². The maximum absolute atomic E-state index is 10.4. The Bertz CT molecular complexity index is 486. The number of carbonyl (C=O) groups excluding carboxylic acids is 2. The van der Waals surface area contributed by atoms with Gasteiger partial charge in [-0.25, -0.2) is 0 Å². The van der Waals surface area contributed by atoms with E-state index in [2.05, 4.69) is 9.97 Å². The number of pyridine rings is 2. The number of carbonyl (C=O) groups is 2. The normalized spacial score (nSPS) is 6.96. The predicted octanol–water partition coefficient (Wildman–Crippen LogP) is -7.28. The number of hydrogen-bond donors (Lipinski definition) is 2. The van der Waals surface area contributed by atoms with Crippen molar-refractivity contribution in [2.45, 2.75) is 0 Å². The molecule has 0 aliphatic rings. The van der Waals surface area contributed by atoms with Crippen LogP contribution in [-0.4, -0.2) is 32.7 Å². The van der Waals surface area contributed by atoms with E-state index in [0.29, 0.717) is 11.4 Å². The SMILES string of the molecule is NC(=O)c1ccccn1.NC(=O)c1ccccn1.O.O.[Br-].[Br-].[Cu+2]. The predicted molar refractivity (Wildman–Crippen MR) is 72.7 cm³/mol. The average molecular weight is 504 g/mol. The summed E-state index contributed by atoms with van der Waals surface area (Å²) in [5.74, 6) is -0.980. The molecule has 2 amide bonds. The van der Waals surface area contributed by atoms with Crippen LogP contribution in [0.15, 0.2) is 48.8 Å². The van der Waals surface area contributed by atoms with E-state index in [9.17, 15) is 9.59 Å². The number of aromatic nitrogens is 2. The van der Waals surface area contributed by atoms with Gasteiger partial charge in [0.25, 0.3) is 11.8 Å². The van der Waals surface area contributed by atoms with Gasteiger partial charge in [-0.15, -0.1) is 0 Å². The third-order valence-corrected chi connectivity index (χ3v) is 1.83. The maximum atomic E-state index is 10.4. The van der Waals surface area contributed by atoms with Gasteiger partial charge in [-0.2, -0.15) is 0 Å². The zero-order chi connectivity index (χ0) is 13.4. The Morgan fingerprint density at radius 2 is 1.04 bits per heavy atom. The molecule has 2 rings (SSSR count). The first kappa shape index (κ1) is 33.3. The second-order valence-electron chi connectivity index (χ2n) is 3.16. The molecule has 133 valence electrons. The molecule has 11 heteroatoms. The Labute approximate surface area is 164 Å². The van der Waals surface area contributed by atoms with E-state index >= 15 is 0 Å². The van der Waals surface area contributed by atoms with Gasteiger partial charge in [-0.3, -0.25) is 19.6 Å². The van der Waals surface area contributed by atoms with Gasteiger partial charge in [-0.1, -0.05) is 12.1 Å². The molecule has 0 aliphatic heterocycles. The Morgan fingerprint density at radius 3 is 1.17 bits per heavy atom. The summed E-state index contributed by atoms with van der Waals surface area (Å²) in [7, 11) is 0. The summed E-state index contributed by atoms with van der Waals surface area (Å²) in [6.07, 6.45) is 3.06. The number of rotatable bonds is 2. The smallest absolute Gasteiger partial charge is 1.00 e. The van der Waals surface area contributed by atoms with Crippen molar-refractivity contribution < 1.29 is 71.6 Å². The number of amides is 2. The van der Waals surface area contributed by atoms with Gasteiger partial charge in [0, 0.05) is 12.4 Å². The molecule has 8 nitrogen and oxygen atoms in total. The first-order valence-corrected chi connectivity index (χ1v) is 5.03. The number of primary amides is 2. The third kappa shape index (κ3) is 14.0. The summed E-state index contributed by atoms with van der Waals surface area (Å²) in [5, 5.41) is 0. The quantitative estimate of drug-likeness (QED) is 0.387. The van der Waals surface area contributed by atoms with Crippen LogP contribution in [0.1, 0.15) is 21.0 Å². The molecule has 0 atom stereocenters. The minimum atomic E-state index is -0.490. The molecule has 1 radical (unpaired) electrons. The van der Waals surface area contributed by atoms with Crippen LogP contribution in [0.3, 0.4) is 0 Å². The van der Waals surface area contributed by atoms with Crippen molar-refractivity contribution >= 4 is 11.8 Å². The fourth-order valence-electron chi connectivity index (χ4n) is 1.02. The van der Waals surface area contributed by atoms with Gasteiger partial charge in [0.2, 0.25) is 0 Å². The Morgan fingerprint density at radius 1 is 0.739 bits per heavy atom. The fourth-order valence-corrected chi connectivity index (χ4v) is 1.02. The largest absolute Gasteiger partial charge is 2.00 e. The number of nitrogens with zero attached hydrogens (tertiary/aromatic N) is 2. The molecule has 0 saturated carbocycles. The second kappa shape index (κ2) is 18.7. The minimum absolute atomic E-state index is 0. The molecular weight excluding hydrogens is 488 g/mol. The number of halogens is 2. The van der Waals surface area contributed by atoms with Gasteiger partial charge in [0.15, 0.2) is 0 Å². The van der Waals surface area contributed by atoms with Gasteiger partial charge in [-0.05, 0) is 24.3 Å². The molecule has 0 aromatic carbocycles. The molecule has 23 heavy (non-hydrogen) atoms. The van der Waals surface area contributed by atoms with E-state index in [1.54, 1.807) is 36.4 Å². The van der Waals surface area contributed by atoms with Crippen molar-refractivity contribution in [3.05, 3.63) is 60.2 Å². The van der Waals surface area contributed by atoms with E-state index in [0.717, 1.165) is 0 Å². The fraction of sp³-hybridized carbons (Fsp3) is 0. The van der Waals surface area contributed by atoms with E-state index < -0.39 is 11.8 Å². The minimum Gasteiger partial charge on any atom is -1.00 e. The maximum Gasteiger partial charge on any atom is 2.00 e. The van der Waals surface area contributed by atoms with Crippen molar-refractivity contribution in [2.24, 2.45) is 11.5 Å². The molecule has 0 unspecified atom stereocenters. The summed E-state index contributed by atoms with van der Waals surface area (Å²) >= 11 is 0. The molecule has 8 N–H and O–H groups in total.